The van der Waals surface area contributed by atoms with Gasteiger partial charge in [-0.1, -0.05) is 19.1 Å². The van der Waals surface area contributed by atoms with Crippen molar-refractivity contribution in [3.63, 3.8) is 0 Å². The lowest BCUT2D eigenvalue weighted by Crippen LogP contribution is -2.52. The van der Waals surface area contributed by atoms with E-state index in [9.17, 15) is 71.7 Å². The maximum absolute atomic E-state index is 13.8. The third kappa shape index (κ3) is 29.9. The van der Waals surface area contributed by atoms with Crippen molar-refractivity contribution in [2.75, 3.05) is 156 Å². The van der Waals surface area contributed by atoms with Crippen LogP contribution >= 0.6 is 7.82 Å². The van der Waals surface area contributed by atoms with Gasteiger partial charge in [0.05, 0.1) is 69.3 Å². The minimum absolute atomic E-state index is 0.00642. The molecule has 0 saturated carbocycles. The molecule has 1 aliphatic rings. The van der Waals surface area contributed by atoms with Crippen LogP contribution in [0.25, 0.3) is 10.9 Å². The zero-order valence-electron chi connectivity index (χ0n) is 56.6. The van der Waals surface area contributed by atoms with Crippen LogP contribution in [-0.4, -0.2) is 277 Å². The summed E-state index contributed by atoms with van der Waals surface area (Å²) < 4.78 is 70.1. The van der Waals surface area contributed by atoms with E-state index in [0.29, 0.717) is 138 Å². The van der Waals surface area contributed by atoms with Gasteiger partial charge >= 0.3 is 25.7 Å². The first kappa shape index (κ1) is 80.8. The summed E-state index contributed by atoms with van der Waals surface area (Å²) >= 11 is 0. The first-order valence-corrected chi connectivity index (χ1v) is 36.1. The van der Waals surface area contributed by atoms with E-state index in [2.05, 4.69) is 55.8 Å². The highest BCUT2D eigenvalue weighted by molar-refractivity contribution is 7.89. The Morgan fingerprint density at radius 1 is 0.660 bits per heavy atom. The molecule has 2 atom stereocenters. The second-order valence-corrected chi connectivity index (χ2v) is 26.5. The third-order valence-corrected chi connectivity index (χ3v) is 18.0. The second kappa shape index (κ2) is 42.2. The number of sulfonamides is 1. The number of hydrogen-bond donors (Lipinski definition) is 12. The number of ether oxygens (including phenoxy) is 4. The highest BCUT2D eigenvalue weighted by Crippen LogP contribution is 2.37. The second-order valence-electron chi connectivity index (χ2n) is 23.7. The summed E-state index contributed by atoms with van der Waals surface area (Å²) in [7, 11) is -9.24. The molecular formula is C64H95N14O20PS. The number of likely N-dealkylation sites (N-methyl/N-ethyl adjacent to an activating group) is 1. The number of carbonyl (C=O) groups is 7. The molecule has 0 bridgehead atoms. The number of imidazole rings is 1. The number of fused-ring (bicyclic) bond motifs is 1. The van der Waals surface area contributed by atoms with Gasteiger partial charge in [-0.15, -0.1) is 0 Å². The average Bonchev–Trinajstić information content (AvgIpc) is 0.897. The van der Waals surface area contributed by atoms with E-state index in [1.165, 1.54) is 36.4 Å². The van der Waals surface area contributed by atoms with Crippen molar-refractivity contribution in [2.45, 2.75) is 82.8 Å². The number of aromatic amines is 1. The number of H-pyrrole nitrogens is 1. The fourth-order valence-corrected chi connectivity index (χ4v) is 12.8. The third-order valence-electron chi connectivity index (χ3n) is 15.8. The molecule has 0 radical (unpaired) electrons. The van der Waals surface area contributed by atoms with E-state index in [1.807, 2.05) is 11.6 Å². The van der Waals surface area contributed by atoms with Crippen LogP contribution in [0.15, 0.2) is 78.1 Å². The quantitative estimate of drug-likeness (QED) is 0.0190. The fourth-order valence-electron chi connectivity index (χ4n) is 10.8. The molecule has 36 heteroatoms. The van der Waals surface area contributed by atoms with Crippen LogP contribution in [0.4, 0.5) is 5.95 Å². The van der Waals surface area contributed by atoms with Gasteiger partial charge in [-0.2, -0.15) is 9.82 Å². The van der Waals surface area contributed by atoms with Crippen molar-refractivity contribution in [1.82, 2.24) is 65.3 Å². The van der Waals surface area contributed by atoms with Gasteiger partial charge in [0.2, 0.25) is 27.7 Å². The van der Waals surface area contributed by atoms with Crippen LogP contribution in [0, 0.1) is 13.8 Å². The molecule has 34 nitrogen and oxygen atoms in total. The lowest BCUT2D eigenvalue weighted by atomic mass is 10.0. The first-order chi connectivity index (χ1) is 47.8. The number of anilines is 1. The summed E-state index contributed by atoms with van der Waals surface area (Å²) in [4.78, 5) is 122. The molecule has 552 valence electrons. The smallest absolute Gasteiger partial charge is 0.494 e. The summed E-state index contributed by atoms with van der Waals surface area (Å²) in [5, 5.41) is 48.5. The Morgan fingerprint density at radius 3 is 1.82 bits per heavy atom. The molecule has 4 amide bonds. The number of rotatable bonds is 44. The summed E-state index contributed by atoms with van der Waals surface area (Å²) in [6.07, 6.45) is 7.24. The Labute approximate surface area is 580 Å². The molecule has 2 aromatic heterocycles. The number of nitrogens with zero attached hydrogens (tertiary/aromatic N) is 7. The minimum atomic E-state index is -4.83. The summed E-state index contributed by atoms with van der Waals surface area (Å²) in [5.41, 5.74) is 2.16. The molecule has 3 aromatic carbocycles. The molecule has 5 aromatic rings. The number of nitrogens with one attached hydrogen (secondary N) is 7. The number of phosphoric acid groups is 1. The predicted octanol–water partition coefficient (Wildman–Crippen LogP) is 0.871. The van der Waals surface area contributed by atoms with E-state index in [0.717, 1.165) is 11.9 Å². The van der Waals surface area contributed by atoms with Crippen molar-refractivity contribution in [3.8, 4) is 11.5 Å². The minimum Gasteiger partial charge on any atom is -0.494 e. The highest BCUT2D eigenvalue weighted by atomic mass is 32.2. The van der Waals surface area contributed by atoms with Gasteiger partial charge in [-0.3, -0.25) is 62.7 Å². The lowest BCUT2D eigenvalue weighted by molar-refractivity contribution is -0.139. The molecule has 12 N–H and O–H groups in total. The number of aryl methyl sites for hydroxylation is 3. The fraction of sp³-hybridized carbons (Fsp3) is 0.547. The van der Waals surface area contributed by atoms with Crippen molar-refractivity contribution in [1.29, 1.82) is 0 Å². The van der Waals surface area contributed by atoms with Crippen LogP contribution in [0.3, 0.4) is 0 Å². The van der Waals surface area contributed by atoms with Crippen molar-refractivity contribution in [3.05, 3.63) is 95.4 Å². The number of aliphatic carboxylic acids is 3. The molecule has 6 rings (SSSR count). The van der Waals surface area contributed by atoms with Crippen LogP contribution in [0.2, 0.25) is 0 Å². The van der Waals surface area contributed by atoms with Crippen LogP contribution < -0.4 is 40.6 Å². The van der Waals surface area contributed by atoms with Crippen LogP contribution in [0.5, 0.6) is 11.5 Å². The SMILES string of the molecule is CCN1CCN(CC(=O)O)CCN(CC(=O)N[C@H](Cc2ccc(OP(=O)(O)O)cc2)C(=O)NCCCOCCOCCOCCCNC(=O)CCCOc2cc(C)c(S(=O)(=O)N[C@@H](CNC(=O)c3ccc4c(cnn4CCCNc4ncc[nH]4)c3)C(=O)O)c(C)c2)CCN(CC(=O)O)CC1. The molecule has 0 spiro atoms. The van der Waals surface area contributed by atoms with Crippen molar-refractivity contribution < 1.29 is 95.1 Å². The molecule has 1 aliphatic heterocycles. The zero-order valence-corrected chi connectivity index (χ0v) is 58.4. The largest absolute Gasteiger partial charge is 0.524 e. The molecule has 0 aliphatic carbocycles. The monoisotopic (exact) mass is 1440 g/mol. The number of carboxylic acids is 3. The van der Waals surface area contributed by atoms with E-state index in [4.69, 9.17) is 18.9 Å². The van der Waals surface area contributed by atoms with Gasteiger partial charge in [-0.25, -0.2) is 18.0 Å². The maximum Gasteiger partial charge on any atom is 0.524 e. The lowest BCUT2D eigenvalue weighted by Gasteiger charge is -2.33. The van der Waals surface area contributed by atoms with E-state index in [1.54, 1.807) is 65.3 Å². The highest BCUT2D eigenvalue weighted by Gasteiger charge is 2.30. The first-order valence-electron chi connectivity index (χ1n) is 33.0. The van der Waals surface area contributed by atoms with Gasteiger partial charge in [0.1, 0.15) is 23.6 Å². The zero-order chi connectivity index (χ0) is 72.5. The molecular weight excluding hydrogens is 1350 g/mol. The van der Waals surface area contributed by atoms with E-state index >= 15 is 0 Å². The topological polar surface area (TPSA) is 450 Å². The van der Waals surface area contributed by atoms with Crippen LogP contribution in [0.1, 0.15) is 66.1 Å². The van der Waals surface area contributed by atoms with Crippen molar-refractivity contribution >= 4 is 76.2 Å². The molecule has 0 unspecified atom stereocenters. The van der Waals surface area contributed by atoms with E-state index in [-0.39, 0.29) is 101 Å². The summed E-state index contributed by atoms with van der Waals surface area (Å²) in [6.45, 7) is 11.6. The number of hydrogen-bond acceptors (Lipinski definition) is 22. The normalized spacial score (nSPS) is 14.7. The Kier molecular flexibility index (Phi) is 34.1. The van der Waals surface area contributed by atoms with Gasteiger partial charge < -0.3 is 75.3 Å². The van der Waals surface area contributed by atoms with Gasteiger partial charge in [0, 0.05) is 134 Å². The molecule has 3 heterocycles. The number of benzene rings is 3. The Balaban J connectivity index is 0.822. The Morgan fingerprint density at radius 2 is 1.25 bits per heavy atom. The van der Waals surface area contributed by atoms with Crippen molar-refractivity contribution in [2.24, 2.45) is 0 Å². The number of phosphoric ester groups is 1. The summed E-state index contributed by atoms with van der Waals surface area (Å²) in [6, 6.07) is 10.8. The van der Waals surface area contributed by atoms with Gasteiger partial charge in [0.25, 0.3) is 5.91 Å². The molecule has 1 saturated heterocycles. The standard InChI is InChI=1S/C64H95N14O20PS/c1-4-74-22-24-76(44-58(81)82)28-26-75(27-29-77(25-23-74)45-59(83)84)43-57(80)72-53(39-48-10-13-51(14-11-48)98-99(89,90)91)62(86)66-18-8-31-95-34-36-96-35-33-94-30-7-17-65-56(79)9-5-32-97-52-37-46(2)60(47(3)38-52)100(92,93)73-54(63(87)88)42-70-61(85)49-12-15-55-50(40-49)41-71-78(55)21-6-16-67-64-68-19-20-69-64/h10-15,19-20,37-38,40-41,53-54,73H,4-9,16-18,21-36,39,42-45H2,1-3H3,(H,65,79)(H,66,86)(H,70,85)(H,72,80)(H,81,82)(H,83,84)(H,87,88)(H2,67,68,69)(H2,89,90,91)/t53-,54+/m1/s1. The number of carboxylic acid groups (broad SMARTS) is 3. The molecule has 1 fully saturated rings. The Bertz CT molecular complexity index is 3530. The van der Waals surface area contributed by atoms with Crippen LogP contribution in [-0.2, 0) is 70.5 Å². The molecule has 100 heavy (non-hydrogen) atoms. The van der Waals surface area contributed by atoms with E-state index < -0.39 is 72.1 Å². The Hall–Kier alpha value is -8.19. The average molecular weight is 1440 g/mol. The maximum atomic E-state index is 13.8. The van der Waals surface area contributed by atoms with Gasteiger partial charge in [-0.05, 0) is 105 Å². The van der Waals surface area contributed by atoms with Gasteiger partial charge in [0.15, 0.2) is 5.95 Å². The predicted molar refractivity (Wildman–Crippen MR) is 365 cm³/mol. The summed E-state index contributed by atoms with van der Waals surface area (Å²) in [5.74, 6) is -4.38. The number of carbonyl (C=O) groups excluding carboxylic acids is 4. The number of aromatic nitrogens is 4. The number of amides is 4.